The summed E-state index contributed by atoms with van der Waals surface area (Å²) >= 11 is 0. The highest BCUT2D eigenvalue weighted by molar-refractivity contribution is 6.16. The summed E-state index contributed by atoms with van der Waals surface area (Å²) in [4.78, 5) is 7.02. The monoisotopic (exact) mass is 382 g/mol. The van der Waals surface area contributed by atoms with Crippen molar-refractivity contribution in [2.75, 3.05) is 6.54 Å². The first kappa shape index (κ1) is 17.6. The lowest BCUT2D eigenvalue weighted by Gasteiger charge is -2.25. The molecule has 27 heavy (non-hydrogen) atoms. The van der Waals surface area contributed by atoms with Crippen molar-refractivity contribution in [3.8, 4) is 0 Å². The summed E-state index contributed by atoms with van der Waals surface area (Å²) in [6.45, 7) is -0.505. The third-order valence-electron chi connectivity index (χ3n) is 4.64. The van der Waals surface area contributed by atoms with Gasteiger partial charge < -0.3 is 4.98 Å². The summed E-state index contributed by atoms with van der Waals surface area (Å²) in [7, 11) is 0. The zero-order chi connectivity index (χ0) is 19.4. The van der Waals surface area contributed by atoms with Crippen molar-refractivity contribution in [1.29, 1.82) is 0 Å². The number of aromatic nitrogens is 1. The quantitative estimate of drug-likeness (QED) is 0.525. The molecule has 0 spiro atoms. The topological polar surface area (TPSA) is 28.1 Å². The molecule has 0 amide bonds. The van der Waals surface area contributed by atoms with Crippen LogP contribution in [0.25, 0.3) is 10.9 Å². The number of alkyl halides is 6. The lowest BCUT2D eigenvalue weighted by atomic mass is 9.89. The lowest BCUT2D eigenvalue weighted by Crippen LogP contribution is -2.29. The molecule has 3 aromatic rings. The summed E-state index contributed by atoms with van der Waals surface area (Å²) < 4.78 is 78.9. The van der Waals surface area contributed by atoms with Crippen LogP contribution in [0.4, 0.5) is 26.3 Å². The van der Waals surface area contributed by atoms with Gasteiger partial charge in [0.25, 0.3) is 0 Å². The molecule has 1 aromatic heterocycles. The van der Waals surface area contributed by atoms with Gasteiger partial charge >= 0.3 is 12.4 Å². The Morgan fingerprint density at radius 1 is 0.889 bits per heavy atom. The van der Waals surface area contributed by atoms with Crippen molar-refractivity contribution in [2.45, 2.75) is 18.3 Å². The number of aliphatic imine (C=N–C) groups is 1. The molecular formula is C19H12F6N2. The second-order valence-electron chi connectivity index (χ2n) is 6.32. The molecule has 2 aromatic carbocycles. The van der Waals surface area contributed by atoms with Gasteiger partial charge in [-0.15, -0.1) is 0 Å². The standard InChI is InChI=1S/C19H12F6N2/c20-18(21,22)11-7-5-10(6-8-11)16-17-15(13(9-26-16)19(23,24)25)12-3-1-2-4-14(12)27-17/h1-8,13,27H,9H2. The van der Waals surface area contributed by atoms with Crippen molar-refractivity contribution in [3.63, 3.8) is 0 Å². The molecule has 0 fully saturated rings. The third kappa shape index (κ3) is 2.98. The van der Waals surface area contributed by atoms with Gasteiger partial charge in [0.2, 0.25) is 0 Å². The largest absolute Gasteiger partial charge is 0.416 e. The van der Waals surface area contributed by atoms with E-state index in [9.17, 15) is 26.3 Å². The Balaban J connectivity index is 1.87. The normalized spacial score (nSPS) is 17.7. The first-order chi connectivity index (χ1) is 12.7. The summed E-state index contributed by atoms with van der Waals surface area (Å²) in [6.07, 6.45) is -8.96. The summed E-state index contributed by atoms with van der Waals surface area (Å²) in [5, 5.41) is 0.439. The fourth-order valence-electron chi connectivity index (χ4n) is 3.39. The van der Waals surface area contributed by atoms with E-state index in [-0.39, 0.29) is 17.0 Å². The van der Waals surface area contributed by atoms with Gasteiger partial charge in [-0.1, -0.05) is 30.3 Å². The van der Waals surface area contributed by atoms with E-state index in [4.69, 9.17) is 0 Å². The van der Waals surface area contributed by atoms with Gasteiger partial charge in [0.05, 0.1) is 23.5 Å². The fraction of sp³-hybridized carbons (Fsp3) is 0.211. The highest BCUT2D eigenvalue weighted by Gasteiger charge is 2.45. The van der Waals surface area contributed by atoms with Crippen LogP contribution in [0.1, 0.15) is 28.3 Å². The van der Waals surface area contributed by atoms with Gasteiger partial charge in [0.15, 0.2) is 0 Å². The van der Waals surface area contributed by atoms with E-state index in [2.05, 4.69) is 9.98 Å². The number of benzene rings is 2. The van der Waals surface area contributed by atoms with E-state index >= 15 is 0 Å². The first-order valence-electron chi connectivity index (χ1n) is 8.06. The minimum Gasteiger partial charge on any atom is -0.353 e. The molecule has 0 aliphatic carbocycles. The number of para-hydroxylation sites is 1. The maximum atomic E-state index is 13.5. The van der Waals surface area contributed by atoms with Crippen LogP contribution < -0.4 is 0 Å². The smallest absolute Gasteiger partial charge is 0.353 e. The molecule has 140 valence electrons. The Morgan fingerprint density at radius 2 is 1.56 bits per heavy atom. The van der Waals surface area contributed by atoms with Crippen molar-refractivity contribution >= 4 is 16.6 Å². The van der Waals surface area contributed by atoms with E-state index in [1.54, 1.807) is 24.3 Å². The Bertz CT molecular complexity index is 1030. The van der Waals surface area contributed by atoms with Gasteiger partial charge in [-0.2, -0.15) is 26.3 Å². The number of hydrogen-bond acceptors (Lipinski definition) is 1. The molecule has 1 unspecified atom stereocenters. The van der Waals surface area contributed by atoms with Gasteiger partial charge in [-0.25, -0.2) is 0 Å². The van der Waals surface area contributed by atoms with E-state index in [1.807, 2.05) is 0 Å². The molecule has 0 saturated carbocycles. The van der Waals surface area contributed by atoms with Crippen LogP contribution in [0, 0.1) is 0 Å². The van der Waals surface area contributed by atoms with Gasteiger partial charge in [-0.3, -0.25) is 4.99 Å². The van der Waals surface area contributed by atoms with Gasteiger partial charge in [0, 0.05) is 22.0 Å². The number of aromatic amines is 1. The van der Waals surface area contributed by atoms with Crippen LogP contribution in [-0.2, 0) is 6.18 Å². The molecule has 1 N–H and O–H groups in total. The number of H-pyrrole nitrogens is 1. The van der Waals surface area contributed by atoms with Crippen LogP contribution >= 0.6 is 0 Å². The minimum atomic E-state index is -4.49. The number of fused-ring (bicyclic) bond motifs is 3. The van der Waals surface area contributed by atoms with Gasteiger partial charge in [-0.05, 0) is 18.2 Å². The third-order valence-corrected chi connectivity index (χ3v) is 4.64. The van der Waals surface area contributed by atoms with Crippen LogP contribution in [0.2, 0.25) is 0 Å². The number of nitrogens with one attached hydrogen (secondary N) is 1. The highest BCUT2D eigenvalue weighted by Crippen LogP contribution is 2.43. The van der Waals surface area contributed by atoms with E-state index in [0.29, 0.717) is 16.5 Å². The Kier molecular flexibility index (Phi) is 3.83. The second-order valence-corrected chi connectivity index (χ2v) is 6.32. The molecule has 0 radical (unpaired) electrons. The molecule has 0 bridgehead atoms. The van der Waals surface area contributed by atoms with Crippen LogP contribution in [-0.4, -0.2) is 23.4 Å². The maximum absolute atomic E-state index is 13.5. The van der Waals surface area contributed by atoms with Crippen LogP contribution in [0.3, 0.4) is 0 Å². The number of hydrogen-bond donors (Lipinski definition) is 1. The Labute approximate surface area is 149 Å². The first-order valence-corrected chi connectivity index (χ1v) is 8.06. The molecule has 1 atom stereocenters. The van der Waals surface area contributed by atoms with Gasteiger partial charge in [0.1, 0.15) is 5.92 Å². The zero-order valence-electron chi connectivity index (χ0n) is 13.6. The van der Waals surface area contributed by atoms with Crippen LogP contribution in [0.15, 0.2) is 53.5 Å². The van der Waals surface area contributed by atoms with Crippen LogP contribution in [0.5, 0.6) is 0 Å². The predicted molar refractivity (Wildman–Crippen MR) is 89.0 cm³/mol. The number of rotatable bonds is 1. The predicted octanol–water partition coefficient (Wildman–Crippen LogP) is 5.68. The van der Waals surface area contributed by atoms with E-state index < -0.39 is 30.4 Å². The molecule has 2 nitrogen and oxygen atoms in total. The second kappa shape index (κ2) is 5.87. The number of halogens is 6. The average molecular weight is 382 g/mol. The molecule has 0 saturated heterocycles. The summed E-state index contributed by atoms with van der Waals surface area (Å²) in [5.74, 6) is -1.76. The zero-order valence-corrected chi connectivity index (χ0v) is 13.6. The molecule has 1 aliphatic rings. The molecule has 8 heteroatoms. The van der Waals surface area contributed by atoms with Crippen molar-refractivity contribution in [1.82, 2.24) is 4.98 Å². The molecule has 2 heterocycles. The number of nitrogens with zero attached hydrogens (tertiary/aromatic N) is 1. The molecule has 1 aliphatic heterocycles. The van der Waals surface area contributed by atoms with E-state index in [1.165, 1.54) is 12.1 Å². The van der Waals surface area contributed by atoms with Crippen molar-refractivity contribution in [2.24, 2.45) is 4.99 Å². The minimum absolute atomic E-state index is 0.0861. The lowest BCUT2D eigenvalue weighted by molar-refractivity contribution is -0.148. The maximum Gasteiger partial charge on any atom is 0.416 e. The summed E-state index contributed by atoms with van der Waals surface area (Å²) in [5.41, 5.74) is 0.547. The summed E-state index contributed by atoms with van der Waals surface area (Å²) in [6, 6.07) is 10.8. The highest BCUT2D eigenvalue weighted by atomic mass is 19.4. The molecular weight excluding hydrogens is 370 g/mol. The van der Waals surface area contributed by atoms with Crippen molar-refractivity contribution in [3.05, 3.63) is 70.9 Å². The Morgan fingerprint density at radius 3 is 2.19 bits per heavy atom. The van der Waals surface area contributed by atoms with Crippen molar-refractivity contribution < 1.29 is 26.3 Å². The van der Waals surface area contributed by atoms with E-state index in [0.717, 1.165) is 12.1 Å². The SMILES string of the molecule is FC(F)(F)c1ccc(C2=NCC(C(F)(F)F)c3c2[nH]c2ccccc32)cc1. The Hall–Kier alpha value is -2.77. The molecule has 4 rings (SSSR count). The average Bonchev–Trinajstić information content (AvgIpc) is 2.99. The fourth-order valence-corrected chi connectivity index (χ4v) is 3.39.